The van der Waals surface area contributed by atoms with Gasteiger partial charge in [-0.2, -0.15) is 0 Å². The summed E-state index contributed by atoms with van der Waals surface area (Å²) >= 11 is 0. The number of ether oxygens (including phenoxy) is 2. The topological polar surface area (TPSA) is 59.1 Å². The molecule has 1 aliphatic rings. The predicted octanol–water partition coefficient (Wildman–Crippen LogP) is 5.25. The van der Waals surface area contributed by atoms with Crippen molar-refractivity contribution >= 4 is 17.5 Å². The Kier molecular flexibility index (Phi) is 6.10. The zero-order valence-corrected chi connectivity index (χ0v) is 18.6. The van der Waals surface area contributed by atoms with E-state index in [-0.39, 0.29) is 23.3 Å². The predicted molar refractivity (Wildman–Crippen MR) is 124 cm³/mol. The van der Waals surface area contributed by atoms with Crippen LogP contribution in [0.15, 0.2) is 78.9 Å². The van der Waals surface area contributed by atoms with E-state index in [1.165, 1.54) is 4.90 Å². The molecule has 0 aromatic heterocycles. The van der Waals surface area contributed by atoms with Crippen molar-refractivity contribution in [3.8, 4) is 5.75 Å². The van der Waals surface area contributed by atoms with Gasteiger partial charge in [0.2, 0.25) is 0 Å². The highest BCUT2D eigenvalue weighted by Gasteiger charge is 2.29. The Hall–Kier alpha value is -3.44. The van der Waals surface area contributed by atoms with Gasteiger partial charge < -0.3 is 9.47 Å². The molecule has 1 fully saturated rings. The molecule has 3 aromatic rings. The van der Waals surface area contributed by atoms with E-state index >= 15 is 0 Å². The Morgan fingerprint density at radius 1 is 0.906 bits per heavy atom. The van der Waals surface area contributed by atoms with Crippen LogP contribution in [0.1, 0.15) is 47.1 Å². The number of amides is 2. The van der Waals surface area contributed by atoms with Gasteiger partial charge in [-0.05, 0) is 47.9 Å². The maximum absolute atomic E-state index is 13.5. The van der Waals surface area contributed by atoms with E-state index in [0.717, 1.165) is 11.3 Å². The molecule has 0 aliphatic carbocycles. The summed E-state index contributed by atoms with van der Waals surface area (Å²) in [7, 11) is 0. The molecule has 1 atom stereocenters. The minimum absolute atomic E-state index is 0.137. The van der Waals surface area contributed by atoms with Gasteiger partial charge in [-0.1, -0.05) is 57.2 Å². The van der Waals surface area contributed by atoms with Crippen molar-refractivity contribution in [3.05, 3.63) is 95.6 Å². The molecule has 0 N–H and O–H groups in total. The molecule has 164 valence electrons. The van der Waals surface area contributed by atoms with Crippen LogP contribution in [0.5, 0.6) is 5.75 Å². The third-order valence-electron chi connectivity index (χ3n) is 5.30. The van der Waals surface area contributed by atoms with Crippen LogP contribution >= 0.6 is 0 Å². The van der Waals surface area contributed by atoms with Gasteiger partial charge in [0.1, 0.15) is 18.5 Å². The molecule has 1 saturated heterocycles. The maximum Gasteiger partial charge on any atom is 0.265 e. The standard InChI is InChI=1S/C27H27NO4/c1-27(2,3)23-16-21(14-15-24(23)32-18-22-17-31-22)28(25(29)19-10-6-4-7-11-19)26(30)20-12-8-5-9-13-20/h4-16,22H,17-18H2,1-3H3. The summed E-state index contributed by atoms with van der Waals surface area (Å²) in [6, 6.07) is 23.2. The van der Waals surface area contributed by atoms with Gasteiger partial charge in [0.25, 0.3) is 11.8 Å². The summed E-state index contributed by atoms with van der Waals surface area (Å²) in [5.74, 6) is -0.0188. The lowest BCUT2D eigenvalue weighted by Crippen LogP contribution is -2.37. The van der Waals surface area contributed by atoms with Gasteiger partial charge >= 0.3 is 0 Å². The summed E-state index contributed by atoms with van der Waals surface area (Å²) in [5.41, 5.74) is 2.06. The minimum atomic E-state index is -0.376. The lowest BCUT2D eigenvalue weighted by atomic mass is 9.86. The zero-order chi connectivity index (χ0) is 22.7. The van der Waals surface area contributed by atoms with Crippen molar-refractivity contribution < 1.29 is 19.1 Å². The SMILES string of the molecule is CC(C)(C)c1cc(N(C(=O)c2ccccc2)C(=O)c2ccccc2)ccc1OCC1CO1. The monoisotopic (exact) mass is 429 g/mol. The fourth-order valence-corrected chi connectivity index (χ4v) is 3.46. The van der Waals surface area contributed by atoms with Gasteiger partial charge in [-0.25, -0.2) is 4.90 Å². The molecular formula is C27H27NO4. The maximum atomic E-state index is 13.5. The smallest absolute Gasteiger partial charge is 0.265 e. The van der Waals surface area contributed by atoms with Crippen LogP contribution < -0.4 is 9.64 Å². The molecule has 0 spiro atoms. The van der Waals surface area contributed by atoms with Crippen LogP contribution in [0.3, 0.4) is 0 Å². The molecule has 3 aromatic carbocycles. The van der Waals surface area contributed by atoms with Crippen molar-refractivity contribution in [2.24, 2.45) is 0 Å². The van der Waals surface area contributed by atoms with E-state index < -0.39 is 0 Å². The van der Waals surface area contributed by atoms with Gasteiger partial charge in [0.15, 0.2) is 0 Å². The van der Waals surface area contributed by atoms with E-state index in [1.807, 2.05) is 24.3 Å². The number of imide groups is 1. The molecule has 0 bridgehead atoms. The number of carbonyl (C=O) groups is 2. The summed E-state index contributed by atoms with van der Waals surface area (Å²) in [6.07, 6.45) is 0.137. The lowest BCUT2D eigenvalue weighted by molar-refractivity contribution is 0.0897. The van der Waals surface area contributed by atoms with E-state index in [2.05, 4.69) is 20.8 Å². The largest absolute Gasteiger partial charge is 0.490 e. The van der Waals surface area contributed by atoms with Crippen molar-refractivity contribution in [2.45, 2.75) is 32.3 Å². The van der Waals surface area contributed by atoms with Crippen LogP contribution in [0, 0.1) is 0 Å². The second kappa shape index (κ2) is 8.97. The number of carbonyl (C=O) groups excluding carboxylic acids is 2. The Balaban J connectivity index is 1.77. The molecule has 1 heterocycles. The third-order valence-corrected chi connectivity index (χ3v) is 5.30. The average Bonchev–Trinajstić information content (AvgIpc) is 3.63. The van der Waals surface area contributed by atoms with Crippen LogP contribution in [0.4, 0.5) is 5.69 Å². The Bertz CT molecular complexity index is 1050. The number of nitrogens with zero attached hydrogens (tertiary/aromatic N) is 1. The van der Waals surface area contributed by atoms with Gasteiger partial charge in [-0.15, -0.1) is 0 Å². The first-order valence-corrected chi connectivity index (χ1v) is 10.7. The highest BCUT2D eigenvalue weighted by atomic mass is 16.6. The summed E-state index contributed by atoms with van der Waals surface area (Å²) < 4.78 is 11.3. The molecule has 5 heteroatoms. The lowest BCUT2D eigenvalue weighted by Gasteiger charge is -2.27. The molecule has 5 nitrogen and oxygen atoms in total. The van der Waals surface area contributed by atoms with Crippen molar-refractivity contribution in [1.29, 1.82) is 0 Å². The van der Waals surface area contributed by atoms with Crippen LogP contribution in [-0.2, 0) is 10.2 Å². The molecule has 0 saturated carbocycles. The first-order chi connectivity index (χ1) is 15.3. The Morgan fingerprint density at radius 2 is 1.44 bits per heavy atom. The quantitative estimate of drug-likeness (QED) is 0.397. The van der Waals surface area contributed by atoms with E-state index in [4.69, 9.17) is 9.47 Å². The zero-order valence-electron chi connectivity index (χ0n) is 18.6. The van der Waals surface area contributed by atoms with E-state index in [1.54, 1.807) is 54.6 Å². The van der Waals surface area contributed by atoms with Crippen molar-refractivity contribution in [1.82, 2.24) is 0 Å². The number of anilines is 1. The highest BCUT2D eigenvalue weighted by Crippen LogP contribution is 2.36. The highest BCUT2D eigenvalue weighted by molar-refractivity contribution is 6.25. The van der Waals surface area contributed by atoms with Gasteiger partial charge in [-0.3, -0.25) is 9.59 Å². The molecule has 0 radical (unpaired) electrons. The summed E-state index contributed by atoms with van der Waals surface area (Å²) in [6.45, 7) is 7.44. The van der Waals surface area contributed by atoms with E-state index in [0.29, 0.717) is 30.0 Å². The van der Waals surface area contributed by atoms with Crippen LogP contribution in [-0.4, -0.2) is 31.1 Å². The first-order valence-electron chi connectivity index (χ1n) is 10.7. The van der Waals surface area contributed by atoms with E-state index in [9.17, 15) is 9.59 Å². The second-order valence-electron chi connectivity index (χ2n) is 8.87. The fourth-order valence-electron chi connectivity index (χ4n) is 3.46. The van der Waals surface area contributed by atoms with Gasteiger partial charge in [0, 0.05) is 16.7 Å². The molecular weight excluding hydrogens is 402 g/mol. The minimum Gasteiger partial charge on any atom is -0.490 e. The third kappa shape index (κ3) is 4.89. The molecule has 4 rings (SSSR count). The van der Waals surface area contributed by atoms with Gasteiger partial charge in [0.05, 0.1) is 12.3 Å². The van der Waals surface area contributed by atoms with Crippen molar-refractivity contribution in [2.75, 3.05) is 18.1 Å². The summed E-state index contributed by atoms with van der Waals surface area (Å²) in [5, 5.41) is 0. The normalized spacial score (nSPS) is 15.2. The Morgan fingerprint density at radius 3 is 1.91 bits per heavy atom. The van der Waals surface area contributed by atoms with Crippen LogP contribution in [0.25, 0.3) is 0 Å². The number of epoxide rings is 1. The molecule has 32 heavy (non-hydrogen) atoms. The number of hydrogen-bond donors (Lipinski definition) is 0. The second-order valence-corrected chi connectivity index (χ2v) is 8.87. The first kappa shape index (κ1) is 21.8. The molecule has 1 aliphatic heterocycles. The number of rotatable bonds is 6. The molecule has 1 unspecified atom stereocenters. The average molecular weight is 430 g/mol. The number of benzene rings is 3. The summed E-state index contributed by atoms with van der Waals surface area (Å²) in [4.78, 5) is 28.2. The number of hydrogen-bond acceptors (Lipinski definition) is 4. The van der Waals surface area contributed by atoms with Crippen LogP contribution in [0.2, 0.25) is 0 Å². The molecule has 2 amide bonds. The fraction of sp³-hybridized carbons (Fsp3) is 0.259. The van der Waals surface area contributed by atoms with Crippen molar-refractivity contribution in [3.63, 3.8) is 0 Å². The Labute approximate surface area is 188 Å².